The molecule has 154 valence electrons. The zero-order valence-corrected chi connectivity index (χ0v) is 18.5. The van der Waals surface area contributed by atoms with Gasteiger partial charge >= 0.3 is 0 Å². The summed E-state index contributed by atoms with van der Waals surface area (Å²) in [5, 5.41) is 4.07. The fourth-order valence-electron chi connectivity index (χ4n) is 5.69. The first-order chi connectivity index (χ1) is 12.9. The van der Waals surface area contributed by atoms with Crippen LogP contribution in [-0.2, 0) is 19.4 Å². The number of carbonyl (C=O) groups is 2. The summed E-state index contributed by atoms with van der Waals surface area (Å²) in [6.45, 7) is 7.30. The van der Waals surface area contributed by atoms with E-state index in [9.17, 15) is 18.0 Å². The molecule has 0 radical (unpaired) electrons. The SMILES string of the molecule is CC1(C)[C@]2(C(=O)N3CCC(c4nnsc4S(C)(=O)=O)CC3)CC[C@@]1(C)C(=O)C2. The molecule has 2 heterocycles. The maximum absolute atomic E-state index is 13.6. The highest BCUT2D eigenvalue weighted by Crippen LogP contribution is 2.71. The molecule has 2 bridgehead atoms. The van der Waals surface area contributed by atoms with Gasteiger partial charge in [-0.25, -0.2) is 8.42 Å². The van der Waals surface area contributed by atoms with Crippen LogP contribution in [0.1, 0.15) is 64.5 Å². The quantitative estimate of drug-likeness (QED) is 0.738. The van der Waals surface area contributed by atoms with E-state index in [1.807, 2.05) is 11.8 Å². The number of ketones is 1. The second kappa shape index (κ2) is 6.08. The Balaban J connectivity index is 1.52. The molecule has 0 N–H and O–H groups in total. The minimum atomic E-state index is -3.34. The van der Waals surface area contributed by atoms with Crippen LogP contribution in [0.5, 0.6) is 0 Å². The molecule has 0 unspecified atom stereocenters. The number of hydrogen-bond donors (Lipinski definition) is 0. The average molecular weight is 426 g/mol. The Kier molecular flexibility index (Phi) is 4.33. The van der Waals surface area contributed by atoms with Crippen molar-refractivity contribution < 1.29 is 18.0 Å². The number of carbonyl (C=O) groups excluding carboxylic acids is 2. The molecule has 28 heavy (non-hydrogen) atoms. The van der Waals surface area contributed by atoms with Crippen molar-refractivity contribution in [3.8, 4) is 0 Å². The van der Waals surface area contributed by atoms with Gasteiger partial charge in [0.1, 0.15) is 5.78 Å². The fourth-order valence-corrected chi connectivity index (χ4v) is 7.42. The average Bonchev–Trinajstić information content (AvgIpc) is 3.23. The number of sulfone groups is 1. The van der Waals surface area contributed by atoms with Crippen molar-refractivity contribution in [3.05, 3.63) is 5.69 Å². The van der Waals surface area contributed by atoms with Gasteiger partial charge in [-0.1, -0.05) is 25.3 Å². The standard InChI is InChI=1S/C19H27N3O4S2/c1-17(2)18(3)7-8-19(17,11-13(18)23)16(24)22-9-5-12(6-10-22)14-15(27-21-20-14)28(4,25)26/h12H,5-11H2,1-4H3/t18-,19+/m0/s1. The van der Waals surface area contributed by atoms with Crippen molar-refractivity contribution in [2.24, 2.45) is 16.2 Å². The first-order valence-corrected chi connectivity index (χ1v) is 12.5. The maximum Gasteiger partial charge on any atom is 0.229 e. The van der Waals surface area contributed by atoms with E-state index in [0.29, 0.717) is 38.0 Å². The number of amides is 1. The van der Waals surface area contributed by atoms with Gasteiger partial charge in [-0.15, -0.1) is 5.10 Å². The number of likely N-dealkylation sites (tertiary alicyclic amines) is 1. The summed E-state index contributed by atoms with van der Waals surface area (Å²) in [6, 6.07) is 0. The molecule has 3 fully saturated rings. The summed E-state index contributed by atoms with van der Waals surface area (Å²) >= 11 is 0.919. The number of hydrogen-bond acceptors (Lipinski definition) is 7. The van der Waals surface area contributed by atoms with Crippen molar-refractivity contribution in [1.82, 2.24) is 14.5 Å². The van der Waals surface area contributed by atoms with Crippen LogP contribution in [0.3, 0.4) is 0 Å². The van der Waals surface area contributed by atoms with E-state index >= 15 is 0 Å². The van der Waals surface area contributed by atoms with Gasteiger partial charge in [0.05, 0.1) is 11.1 Å². The molecule has 7 nitrogen and oxygen atoms in total. The lowest BCUT2D eigenvalue weighted by atomic mass is 9.64. The Labute approximate surface area is 170 Å². The molecule has 1 amide bonds. The molecule has 2 saturated carbocycles. The second-order valence-corrected chi connectivity index (χ2v) is 12.4. The summed E-state index contributed by atoms with van der Waals surface area (Å²) < 4.78 is 28.0. The molecule has 1 saturated heterocycles. The van der Waals surface area contributed by atoms with Crippen LogP contribution < -0.4 is 0 Å². The van der Waals surface area contributed by atoms with Gasteiger partial charge in [0.15, 0.2) is 14.0 Å². The van der Waals surface area contributed by atoms with Gasteiger partial charge in [-0.2, -0.15) is 0 Å². The number of rotatable bonds is 3. The van der Waals surface area contributed by atoms with Crippen LogP contribution in [0.2, 0.25) is 0 Å². The van der Waals surface area contributed by atoms with Gasteiger partial charge in [0, 0.05) is 48.6 Å². The first kappa shape index (κ1) is 19.9. The summed E-state index contributed by atoms with van der Waals surface area (Å²) in [5.74, 6) is 0.320. The van der Waals surface area contributed by atoms with Crippen LogP contribution in [0.4, 0.5) is 0 Å². The van der Waals surface area contributed by atoms with Crippen LogP contribution in [0.15, 0.2) is 4.21 Å². The monoisotopic (exact) mass is 425 g/mol. The zero-order valence-electron chi connectivity index (χ0n) is 16.8. The van der Waals surface area contributed by atoms with Crippen molar-refractivity contribution in [1.29, 1.82) is 0 Å². The van der Waals surface area contributed by atoms with E-state index in [0.717, 1.165) is 24.4 Å². The third-order valence-corrected chi connectivity index (χ3v) is 10.7. The first-order valence-electron chi connectivity index (χ1n) is 9.79. The number of Topliss-reactive ketones (excluding diaryl/α,β-unsaturated/α-hetero) is 1. The predicted octanol–water partition coefficient (Wildman–Crippen LogP) is 2.43. The van der Waals surface area contributed by atoms with Gasteiger partial charge in [0.2, 0.25) is 5.91 Å². The third-order valence-electron chi connectivity index (χ3n) is 8.10. The Morgan fingerprint density at radius 3 is 2.32 bits per heavy atom. The van der Waals surface area contributed by atoms with Crippen molar-refractivity contribution in [3.63, 3.8) is 0 Å². The Morgan fingerprint density at radius 2 is 1.82 bits per heavy atom. The molecule has 0 spiro atoms. The molecule has 9 heteroatoms. The van der Waals surface area contributed by atoms with Crippen molar-refractivity contribution in [2.45, 2.75) is 63.0 Å². The molecule has 1 aromatic rings. The summed E-state index contributed by atoms with van der Waals surface area (Å²) in [4.78, 5) is 28.1. The molecule has 1 aliphatic heterocycles. The normalized spacial score (nSPS) is 32.9. The lowest BCUT2D eigenvalue weighted by Crippen LogP contribution is -2.50. The van der Waals surface area contributed by atoms with E-state index in [2.05, 4.69) is 23.4 Å². The Hall–Kier alpha value is -1.35. The molecule has 1 aromatic heterocycles. The van der Waals surface area contributed by atoms with E-state index in [4.69, 9.17) is 0 Å². The Morgan fingerprint density at radius 1 is 1.18 bits per heavy atom. The van der Waals surface area contributed by atoms with E-state index < -0.39 is 20.7 Å². The zero-order chi connectivity index (χ0) is 20.5. The lowest BCUT2D eigenvalue weighted by molar-refractivity contribution is -0.149. The highest BCUT2D eigenvalue weighted by Gasteiger charge is 2.73. The van der Waals surface area contributed by atoms with Crippen molar-refractivity contribution >= 4 is 33.1 Å². The van der Waals surface area contributed by atoms with Gasteiger partial charge in [0.25, 0.3) is 0 Å². The highest BCUT2D eigenvalue weighted by molar-refractivity contribution is 7.92. The van der Waals surface area contributed by atoms with Crippen LogP contribution in [0, 0.1) is 16.2 Å². The summed E-state index contributed by atoms with van der Waals surface area (Å²) in [5.41, 5.74) is -0.793. The van der Waals surface area contributed by atoms with E-state index in [-0.39, 0.29) is 27.2 Å². The van der Waals surface area contributed by atoms with Crippen LogP contribution >= 0.6 is 11.5 Å². The molecule has 0 aromatic carbocycles. The van der Waals surface area contributed by atoms with Gasteiger partial charge in [-0.05, 0) is 31.1 Å². The minimum absolute atomic E-state index is 0.00270. The fraction of sp³-hybridized carbons (Fsp3) is 0.789. The van der Waals surface area contributed by atoms with E-state index in [1.165, 1.54) is 6.26 Å². The lowest BCUT2D eigenvalue weighted by Gasteiger charge is -2.43. The smallest absolute Gasteiger partial charge is 0.229 e. The molecule has 4 rings (SSSR count). The van der Waals surface area contributed by atoms with E-state index in [1.54, 1.807) is 0 Å². The predicted molar refractivity (Wildman–Crippen MR) is 105 cm³/mol. The minimum Gasteiger partial charge on any atom is -0.342 e. The molecule has 3 aliphatic rings. The van der Waals surface area contributed by atoms with Crippen LogP contribution in [0.25, 0.3) is 0 Å². The van der Waals surface area contributed by atoms with Gasteiger partial charge in [-0.3, -0.25) is 9.59 Å². The number of nitrogens with zero attached hydrogens (tertiary/aromatic N) is 3. The summed E-state index contributed by atoms with van der Waals surface area (Å²) in [7, 11) is -3.34. The van der Waals surface area contributed by atoms with Gasteiger partial charge < -0.3 is 4.90 Å². The van der Waals surface area contributed by atoms with Crippen molar-refractivity contribution in [2.75, 3.05) is 19.3 Å². The molecular formula is C19H27N3O4S2. The largest absolute Gasteiger partial charge is 0.342 e. The third kappa shape index (κ3) is 2.47. The maximum atomic E-state index is 13.6. The topological polar surface area (TPSA) is 97.3 Å². The number of aromatic nitrogens is 2. The molecule has 2 atom stereocenters. The molecular weight excluding hydrogens is 398 g/mol. The molecule has 2 aliphatic carbocycles. The Bertz CT molecular complexity index is 946. The van der Waals surface area contributed by atoms with Crippen LogP contribution in [-0.4, -0.2) is 53.9 Å². The number of fused-ring (bicyclic) bond motifs is 2. The number of piperidine rings is 1. The summed E-state index contributed by atoms with van der Waals surface area (Å²) in [6.07, 6.45) is 4.42. The highest BCUT2D eigenvalue weighted by atomic mass is 32.2. The second-order valence-electron chi connectivity index (χ2n) is 9.42.